The van der Waals surface area contributed by atoms with Gasteiger partial charge in [-0.15, -0.1) is 12.4 Å². The van der Waals surface area contributed by atoms with Crippen molar-refractivity contribution in [2.24, 2.45) is 0 Å². The summed E-state index contributed by atoms with van der Waals surface area (Å²) in [4.78, 5) is 11.9. The third kappa shape index (κ3) is 8.58. The van der Waals surface area contributed by atoms with E-state index in [1.165, 1.54) is 0 Å². The summed E-state index contributed by atoms with van der Waals surface area (Å²) in [6.07, 6.45) is 0. The van der Waals surface area contributed by atoms with Crippen molar-refractivity contribution in [2.45, 2.75) is 11.5 Å². The third-order valence-corrected chi connectivity index (χ3v) is 4.79. The maximum Gasteiger partial charge on any atom is 0.238 e. The first-order valence-corrected chi connectivity index (χ1v) is 9.63. The molecule has 1 amide bonds. The number of amides is 1. The molecule has 0 aliphatic heterocycles. The molecule has 0 heterocycles. The first-order valence-electron chi connectivity index (χ1n) is 8.14. The largest absolute Gasteiger partial charge is 0.383 e. The quantitative estimate of drug-likeness (QED) is 0.606. The van der Waals surface area contributed by atoms with Crippen LogP contribution in [0.15, 0.2) is 54.6 Å². The molecule has 0 bridgehead atoms. The minimum Gasteiger partial charge on any atom is -0.383 e. The third-order valence-electron chi connectivity index (χ3n) is 3.48. The molecule has 0 aliphatic carbocycles. The summed E-state index contributed by atoms with van der Waals surface area (Å²) in [5.74, 6) is 0.879. The van der Waals surface area contributed by atoms with Crippen LogP contribution < -0.4 is 10.6 Å². The lowest BCUT2D eigenvalue weighted by Gasteiger charge is -2.08. The second-order valence-corrected chi connectivity index (χ2v) is 7.09. The van der Waals surface area contributed by atoms with E-state index >= 15 is 0 Å². The standard InChI is InChI=1S/C19H24N2O3S.ClH/c1-24-11-10-20-13-19(22)21-18-9-5-8-17(12-18)15-25(23)14-16-6-3-2-4-7-16;/h2-9,12,20H,10-11,13-15H2,1H3,(H,21,22);1H. The Labute approximate surface area is 163 Å². The predicted octanol–water partition coefficient (Wildman–Crippen LogP) is 2.73. The van der Waals surface area contributed by atoms with Crippen LogP contribution in [0.25, 0.3) is 0 Å². The van der Waals surface area contributed by atoms with E-state index in [9.17, 15) is 9.00 Å². The lowest BCUT2D eigenvalue weighted by molar-refractivity contribution is -0.115. The van der Waals surface area contributed by atoms with Crippen molar-refractivity contribution < 1.29 is 13.7 Å². The Hall–Kier alpha value is -1.73. The summed E-state index contributed by atoms with van der Waals surface area (Å²) >= 11 is 0. The van der Waals surface area contributed by atoms with Gasteiger partial charge in [-0.1, -0.05) is 42.5 Å². The molecule has 0 spiro atoms. The fraction of sp³-hybridized carbons (Fsp3) is 0.316. The van der Waals surface area contributed by atoms with Gasteiger partial charge in [-0.25, -0.2) is 0 Å². The summed E-state index contributed by atoms with van der Waals surface area (Å²) in [5, 5.41) is 5.84. The van der Waals surface area contributed by atoms with E-state index in [0.29, 0.717) is 30.3 Å². The van der Waals surface area contributed by atoms with E-state index < -0.39 is 10.8 Å². The molecule has 0 radical (unpaired) electrons. The van der Waals surface area contributed by atoms with Crippen molar-refractivity contribution in [3.05, 3.63) is 65.7 Å². The molecule has 0 aromatic heterocycles. The molecule has 0 aliphatic rings. The average molecular weight is 397 g/mol. The van der Waals surface area contributed by atoms with Gasteiger partial charge < -0.3 is 15.4 Å². The van der Waals surface area contributed by atoms with E-state index in [1.54, 1.807) is 7.11 Å². The molecule has 2 N–H and O–H groups in total. The van der Waals surface area contributed by atoms with Gasteiger partial charge in [0.15, 0.2) is 0 Å². The smallest absolute Gasteiger partial charge is 0.238 e. The number of ether oxygens (including phenoxy) is 1. The number of benzene rings is 2. The zero-order valence-corrected chi connectivity index (χ0v) is 16.4. The average Bonchev–Trinajstić information content (AvgIpc) is 2.60. The SMILES string of the molecule is COCCNCC(=O)Nc1cccc(CS(=O)Cc2ccccc2)c1.Cl. The summed E-state index contributed by atoms with van der Waals surface area (Å²) in [6.45, 7) is 1.42. The first-order chi connectivity index (χ1) is 12.2. The van der Waals surface area contributed by atoms with Crippen LogP contribution in [-0.4, -0.2) is 36.9 Å². The molecule has 2 rings (SSSR count). The summed E-state index contributed by atoms with van der Waals surface area (Å²) in [5.41, 5.74) is 2.72. The highest BCUT2D eigenvalue weighted by Crippen LogP contribution is 2.14. The van der Waals surface area contributed by atoms with Crippen LogP contribution in [0.5, 0.6) is 0 Å². The van der Waals surface area contributed by atoms with Crippen LogP contribution in [0.1, 0.15) is 11.1 Å². The van der Waals surface area contributed by atoms with Crippen molar-refractivity contribution in [1.29, 1.82) is 0 Å². The van der Waals surface area contributed by atoms with Crippen LogP contribution in [0.4, 0.5) is 5.69 Å². The topological polar surface area (TPSA) is 67.4 Å². The van der Waals surface area contributed by atoms with E-state index in [0.717, 1.165) is 11.1 Å². The molecule has 26 heavy (non-hydrogen) atoms. The Morgan fingerprint density at radius 1 is 1.04 bits per heavy atom. The van der Waals surface area contributed by atoms with E-state index in [1.807, 2.05) is 54.6 Å². The molecule has 2 aromatic carbocycles. The summed E-state index contributed by atoms with van der Waals surface area (Å²) in [6, 6.07) is 17.3. The molecule has 142 valence electrons. The molecule has 0 saturated carbocycles. The second-order valence-electron chi connectivity index (χ2n) is 5.63. The normalized spacial score (nSPS) is 11.4. The Morgan fingerprint density at radius 3 is 2.46 bits per heavy atom. The number of rotatable bonds is 10. The van der Waals surface area contributed by atoms with Crippen molar-refractivity contribution in [2.75, 3.05) is 32.1 Å². The van der Waals surface area contributed by atoms with Crippen LogP contribution >= 0.6 is 12.4 Å². The van der Waals surface area contributed by atoms with E-state index in [2.05, 4.69) is 10.6 Å². The second kappa shape index (κ2) is 12.6. The molecule has 0 saturated heterocycles. The minimum atomic E-state index is -0.989. The highest BCUT2D eigenvalue weighted by atomic mass is 35.5. The number of halogens is 1. The molecule has 1 unspecified atom stereocenters. The number of methoxy groups -OCH3 is 1. The molecule has 2 aromatic rings. The molecule has 1 atom stereocenters. The minimum absolute atomic E-state index is 0. The molecular formula is C19H25ClN2O3S. The molecule has 5 nitrogen and oxygen atoms in total. The lowest BCUT2D eigenvalue weighted by atomic mass is 10.2. The predicted molar refractivity (Wildman–Crippen MR) is 109 cm³/mol. The van der Waals surface area contributed by atoms with Gasteiger partial charge in [0.05, 0.1) is 13.2 Å². The maximum atomic E-state index is 12.3. The molecule has 7 heteroatoms. The highest BCUT2D eigenvalue weighted by Gasteiger charge is 2.06. The van der Waals surface area contributed by atoms with Crippen LogP contribution in [0.3, 0.4) is 0 Å². The van der Waals surface area contributed by atoms with E-state index in [-0.39, 0.29) is 24.9 Å². The lowest BCUT2D eigenvalue weighted by Crippen LogP contribution is -2.30. The van der Waals surface area contributed by atoms with Crippen LogP contribution in [0, 0.1) is 0 Å². The number of hydrogen-bond acceptors (Lipinski definition) is 4. The Balaban J connectivity index is 0.00000338. The summed E-state index contributed by atoms with van der Waals surface area (Å²) < 4.78 is 17.2. The molecule has 0 fully saturated rings. The van der Waals surface area contributed by atoms with Gasteiger partial charge in [0.1, 0.15) is 0 Å². The zero-order chi connectivity index (χ0) is 17.9. The van der Waals surface area contributed by atoms with Crippen molar-refractivity contribution >= 4 is 34.8 Å². The first kappa shape index (κ1) is 22.3. The zero-order valence-electron chi connectivity index (χ0n) is 14.8. The fourth-order valence-electron chi connectivity index (χ4n) is 2.32. The van der Waals surface area contributed by atoms with Gasteiger partial charge in [-0.3, -0.25) is 9.00 Å². The Kier molecular flexibility index (Phi) is 10.8. The number of carbonyl (C=O) groups excluding carboxylic acids is 1. The number of hydrogen-bond donors (Lipinski definition) is 2. The Morgan fingerprint density at radius 2 is 1.73 bits per heavy atom. The van der Waals surface area contributed by atoms with Crippen LogP contribution in [-0.2, 0) is 31.8 Å². The van der Waals surface area contributed by atoms with Gasteiger partial charge in [0.2, 0.25) is 5.91 Å². The van der Waals surface area contributed by atoms with E-state index in [4.69, 9.17) is 4.74 Å². The van der Waals surface area contributed by atoms with Gasteiger partial charge in [0.25, 0.3) is 0 Å². The fourth-order valence-corrected chi connectivity index (χ4v) is 3.53. The number of nitrogens with one attached hydrogen (secondary N) is 2. The molecular weight excluding hydrogens is 372 g/mol. The van der Waals surface area contributed by atoms with Gasteiger partial charge in [-0.05, 0) is 23.3 Å². The van der Waals surface area contributed by atoms with Gasteiger partial charge in [0, 0.05) is 41.6 Å². The number of anilines is 1. The number of carbonyl (C=O) groups is 1. The van der Waals surface area contributed by atoms with Gasteiger partial charge in [-0.2, -0.15) is 0 Å². The van der Waals surface area contributed by atoms with Crippen molar-refractivity contribution in [3.63, 3.8) is 0 Å². The van der Waals surface area contributed by atoms with Gasteiger partial charge >= 0.3 is 0 Å². The highest BCUT2D eigenvalue weighted by molar-refractivity contribution is 7.83. The van der Waals surface area contributed by atoms with Crippen LogP contribution in [0.2, 0.25) is 0 Å². The monoisotopic (exact) mass is 396 g/mol. The maximum absolute atomic E-state index is 12.3. The van der Waals surface area contributed by atoms with Crippen molar-refractivity contribution in [1.82, 2.24) is 5.32 Å². The Bertz CT molecular complexity index is 698. The summed E-state index contributed by atoms with van der Waals surface area (Å²) in [7, 11) is 0.631. The van der Waals surface area contributed by atoms with Crippen molar-refractivity contribution in [3.8, 4) is 0 Å².